The van der Waals surface area contributed by atoms with Crippen molar-refractivity contribution in [3.05, 3.63) is 66.0 Å². The Bertz CT molecular complexity index is 446. The van der Waals surface area contributed by atoms with E-state index in [0.29, 0.717) is 0 Å². The third kappa shape index (κ3) is 1.80. The fourth-order valence-electron chi connectivity index (χ4n) is 1.46. The van der Waals surface area contributed by atoms with Crippen LogP contribution in [0.4, 0.5) is 0 Å². The Morgan fingerprint density at radius 2 is 1.71 bits per heavy atom. The number of rotatable bonds is 1. The Morgan fingerprint density at radius 3 is 2.43 bits per heavy atom. The van der Waals surface area contributed by atoms with Crippen molar-refractivity contribution < 1.29 is 0 Å². The first-order valence-corrected chi connectivity index (χ1v) is 4.82. The number of halogens is 1. The second-order valence-corrected chi connectivity index (χ2v) is 3.60. The van der Waals surface area contributed by atoms with Gasteiger partial charge in [0.05, 0.1) is 0 Å². The summed E-state index contributed by atoms with van der Waals surface area (Å²) in [4.78, 5) is 0. The van der Waals surface area contributed by atoms with Crippen LogP contribution in [-0.4, -0.2) is 0 Å². The first kappa shape index (κ1) is 9.29. The highest BCUT2D eigenvalue weighted by atomic mass is 35.5. The quantitative estimate of drug-likeness (QED) is 0.649. The molecule has 14 heavy (non-hydrogen) atoms. The summed E-state index contributed by atoms with van der Waals surface area (Å²) in [5, 5.41) is 0.755. The van der Waals surface area contributed by atoms with Crippen LogP contribution in [0, 0.1) is 6.92 Å². The molecule has 0 saturated carbocycles. The van der Waals surface area contributed by atoms with E-state index in [1.807, 2.05) is 48.5 Å². The molecule has 2 rings (SSSR count). The smallest absolute Gasteiger partial charge is 0.0412 e. The average Bonchev–Trinajstić information content (AvgIpc) is 2.18. The molecule has 0 atom stereocenters. The lowest BCUT2D eigenvalue weighted by Crippen LogP contribution is -1.81. The molecule has 0 bridgehead atoms. The molecule has 0 nitrogen and oxygen atoms in total. The van der Waals surface area contributed by atoms with Crippen LogP contribution < -0.4 is 0 Å². The van der Waals surface area contributed by atoms with Crippen LogP contribution in [0.1, 0.15) is 5.56 Å². The molecule has 0 saturated heterocycles. The zero-order chi connectivity index (χ0) is 9.97. The molecular formula is C13H10Cl. The molecule has 0 amide bonds. The number of hydrogen-bond acceptors (Lipinski definition) is 0. The SMILES string of the molecule is [CH2]c1ccccc1-c1cccc(Cl)c1. The van der Waals surface area contributed by atoms with Crippen molar-refractivity contribution in [3.63, 3.8) is 0 Å². The molecule has 0 aliphatic carbocycles. The van der Waals surface area contributed by atoms with Gasteiger partial charge in [0.25, 0.3) is 0 Å². The zero-order valence-electron chi connectivity index (χ0n) is 7.70. The first-order valence-electron chi connectivity index (χ1n) is 4.44. The lowest BCUT2D eigenvalue weighted by atomic mass is 10.0. The second kappa shape index (κ2) is 3.85. The second-order valence-electron chi connectivity index (χ2n) is 3.17. The molecule has 0 spiro atoms. The average molecular weight is 202 g/mol. The summed E-state index contributed by atoms with van der Waals surface area (Å²) in [6, 6.07) is 15.8. The number of benzene rings is 2. The van der Waals surface area contributed by atoms with Crippen LogP contribution in [0.3, 0.4) is 0 Å². The van der Waals surface area contributed by atoms with E-state index in [4.69, 9.17) is 11.6 Å². The summed E-state index contributed by atoms with van der Waals surface area (Å²) >= 11 is 5.93. The molecule has 2 aromatic carbocycles. The lowest BCUT2D eigenvalue weighted by Gasteiger charge is -2.05. The minimum absolute atomic E-state index is 0.755. The van der Waals surface area contributed by atoms with Crippen molar-refractivity contribution in [1.82, 2.24) is 0 Å². The Labute approximate surface area is 89.2 Å². The predicted molar refractivity (Wildman–Crippen MR) is 61.3 cm³/mol. The van der Waals surface area contributed by atoms with Gasteiger partial charge in [-0.1, -0.05) is 48.0 Å². The van der Waals surface area contributed by atoms with Crippen LogP contribution in [0.25, 0.3) is 11.1 Å². The van der Waals surface area contributed by atoms with Gasteiger partial charge in [-0.3, -0.25) is 0 Å². The summed E-state index contributed by atoms with van der Waals surface area (Å²) in [5.41, 5.74) is 3.27. The molecular weight excluding hydrogens is 192 g/mol. The normalized spacial score (nSPS) is 10.1. The Balaban J connectivity index is 2.55. The fraction of sp³-hybridized carbons (Fsp3) is 0. The summed E-state index contributed by atoms with van der Waals surface area (Å²) in [7, 11) is 0. The summed E-state index contributed by atoms with van der Waals surface area (Å²) < 4.78 is 0. The highest BCUT2D eigenvalue weighted by Gasteiger charge is 2.00. The fourth-order valence-corrected chi connectivity index (χ4v) is 1.65. The summed E-state index contributed by atoms with van der Waals surface area (Å²) in [6.45, 7) is 3.98. The molecule has 2 aromatic rings. The lowest BCUT2D eigenvalue weighted by molar-refractivity contribution is 1.56. The molecule has 0 unspecified atom stereocenters. The maximum atomic E-state index is 5.93. The van der Waals surface area contributed by atoms with Crippen molar-refractivity contribution >= 4 is 11.6 Å². The summed E-state index contributed by atoms with van der Waals surface area (Å²) in [6.07, 6.45) is 0. The first-order chi connectivity index (χ1) is 6.77. The molecule has 0 heterocycles. The van der Waals surface area contributed by atoms with Gasteiger partial charge in [-0.25, -0.2) is 0 Å². The molecule has 1 heteroatoms. The van der Waals surface area contributed by atoms with Crippen LogP contribution in [0.2, 0.25) is 5.02 Å². The molecule has 1 radical (unpaired) electrons. The van der Waals surface area contributed by atoms with Gasteiger partial charge in [0.15, 0.2) is 0 Å². The highest BCUT2D eigenvalue weighted by Crippen LogP contribution is 2.25. The van der Waals surface area contributed by atoms with Crippen molar-refractivity contribution in [3.8, 4) is 11.1 Å². The zero-order valence-corrected chi connectivity index (χ0v) is 8.46. The molecule has 0 N–H and O–H groups in total. The largest absolute Gasteiger partial charge is 0.0843 e. The van der Waals surface area contributed by atoms with Gasteiger partial charge in [0.2, 0.25) is 0 Å². The van der Waals surface area contributed by atoms with Crippen LogP contribution in [0.5, 0.6) is 0 Å². The topological polar surface area (TPSA) is 0 Å². The maximum Gasteiger partial charge on any atom is 0.0412 e. The Hall–Kier alpha value is -1.27. The van der Waals surface area contributed by atoms with Gasteiger partial charge in [-0.05, 0) is 35.7 Å². The van der Waals surface area contributed by atoms with Crippen molar-refractivity contribution in [2.75, 3.05) is 0 Å². The van der Waals surface area contributed by atoms with Crippen LogP contribution in [-0.2, 0) is 0 Å². The van der Waals surface area contributed by atoms with E-state index < -0.39 is 0 Å². The standard InChI is InChI=1S/C13H10Cl/c1-10-5-2-3-8-13(10)11-6-4-7-12(14)9-11/h2-9H,1H2. The minimum Gasteiger partial charge on any atom is -0.0843 e. The van der Waals surface area contributed by atoms with E-state index >= 15 is 0 Å². The van der Waals surface area contributed by atoms with Gasteiger partial charge in [0.1, 0.15) is 0 Å². The highest BCUT2D eigenvalue weighted by molar-refractivity contribution is 6.30. The van der Waals surface area contributed by atoms with Gasteiger partial charge >= 0.3 is 0 Å². The minimum atomic E-state index is 0.755. The van der Waals surface area contributed by atoms with Gasteiger partial charge in [0, 0.05) is 5.02 Å². The van der Waals surface area contributed by atoms with E-state index in [0.717, 1.165) is 21.7 Å². The molecule has 0 fully saturated rings. The van der Waals surface area contributed by atoms with E-state index in [9.17, 15) is 0 Å². The number of hydrogen-bond donors (Lipinski definition) is 0. The predicted octanol–water partition coefficient (Wildman–Crippen LogP) is 4.19. The summed E-state index contributed by atoms with van der Waals surface area (Å²) in [5.74, 6) is 0. The third-order valence-electron chi connectivity index (χ3n) is 2.15. The molecule has 0 aromatic heterocycles. The van der Waals surface area contributed by atoms with E-state index in [-0.39, 0.29) is 0 Å². The molecule has 0 aliphatic heterocycles. The monoisotopic (exact) mass is 201 g/mol. The Kier molecular flexibility index (Phi) is 2.55. The van der Waals surface area contributed by atoms with E-state index in [1.54, 1.807) is 0 Å². The Morgan fingerprint density at radius 1 is 0.929 bits per heavy atom. The third-order valence-corrected chi connectivity index (χ3v) is 2.39. The van der Waals surface area contributed by atoms with E-state index in [2.05, 4.69) is 6.92 Å². The van der Waals surface area contributed by atoms with Gasteiger partial charge in [-0.2, -0.15) is 0 Å². The van der Waals surface area contributed by atoms with Crippen LogP contribution in [0.15, 0.2) is 48.5 Å². The van der Waals surface area contributed by atoms with E-state index in [1.165, 1.54) is 0 Å². The van der Waals surface area contributed by atoms with Crippen molar-refractivity contribution in [1.29, 1.82) is 0 Å². The van der Waals surface area contributed by atoms with Gasteiger partial charge in [-0.15, -0.1) is 0 Å². The molecule has 69 valence electrons. The molecule has 0 aliphatic rings. The van der Waals surface area contributed by atoms with Crippen LogP contribution >= 0.6 is 11.6 Å². The maximum absolute atomic E-state index is 5.93. The van der Waals surface area contributed by atoms with Crippen molar-refractivity contribution in [2.24, 2.45) is 0 Å². The van der Waals surface area contributed by atoms with Gasteiger partial charge < -0.3 is 0 Å². The van der Waals surface area contributed by atoms with Crippen molar-refractivity contribution in [2.45, 2.75) is 0 Å².